The van der Waals surface area contributed by atoms with Gasteiger partial charge in [0.2, 0.25) is 0 Å². The molecule has 1 atom stereocenters. The van der Waals surface area contributed by atoms with Crippen LogP contribution >= 0.6 is 0 Å². The van der Waals surface area contributed by atoms with E-state index in [0.29, 0.717) is 0 Å². The molecule has 0 aliphatic heterocycles. The Kier molecular flexibility index (Phi) is 3.39. The summed E-state index contributed by atoms with van der Waals surface area (Å²) in [5.41, 5.74) is -0.0439. The Hall–Kier alpha value is -1.98. The molecule has 0 saturated heterocycles. The van der Waals surface area contributed by atoms with Gasteiger partial charge >= 0.3 is 6.18 Å². The lowest BCUT2D eigenvalue weighted by molar-refractivity contribution is -0.139. The predicted octanol–water partition coefficient (Wildman–Crippen LogP) is 4.93. The smallest absolute Gasteiger partial charge is 0.419 e. The van der Waals surface area contributed by atoms with Gasteiger partial charge in [-0.3, -0.25) is 0 Å². The molecule has 0 amide bonds. The molecule has 1 heterocycles. The Morgan fingerprint density at radius 2 is 2.00 bits per heavy atom. The molecule has 1 unspecified atom stereocenters. The third-order valence-electron chi connectivity index (χ3n) is 3.66. The number of benzene rings is 1. The van der Waals surface area contributed by atoms with E-state index < -0.39 is 17.6 Å². The Balaban J connectivity index is 1.87. The van der Waals surface area contributed by atoms with Gasteiger partial charge in [0.15, 0.2) is 0 Å². The minimum atomic E-state index is -4.70. The molecule has 2 aromatic rings. The zero-order valence-electron chi connectivity index (χ0n) is 11.0. The zero-order valence-corrected chi connectivity index (χ0v) is 11.0. The van der Waals surface area contributed by atoms with Crippen molar-refractivity contribution in [3.8, 4) is 0 Å². The van der Waals surface area contributed by atoms with Crippen LogP contribution in [0.3, 0.4) is 0 Å². The average Bonchev–Trinajstić information content (AvgIpc) is 2.89. The van der Waals surface area contributed by atoms with Crippen molar-refractivity contribution in [3.63, 3.8) is 0 Å². The van der Waals surface area contributed by atoms with Crippen molar-refractivity contribution in [2.45, 2.75) is 31.5 Å². The first-order chi connectivity index (χ1) is 9.95. The number of furan rings is 1. The summed E-state index contributed by atoms with van der Waals surface area (Å²) in [5, 5.41) is 3.04. The van der Waals surface area contributed by atoms with Crippen LogP contribution in [-0.4, -0.2) is 0 Å². The second-order valence-corrected chi connectivity index (χ2v) is 5.08. The average molecular weight is 299 g/mol. The number of hydrogen-bond acceptors (Lipinski definition) is 2. The van der Waals surface area contributed by atoms with Crippen molar-refractivity contribution >= 4 is 5.69 Å². The third-order valence-corrected chi connectivity index (χ3v) is 3.66. The summed E-state index contributed by atoms with van der Waals surface area (Å²) in [6, 6.07) is 4.67. The zero-order chi connectivity index (χ0) is 15.0. The van der Waals surface area contributed by atoms with E-state index in [1.165, 1.54) is 6.07 Å². The van der Waals surface area contributed by atoms with Crippen molar-refractivity contribution < 1.29 is 22.0 Å². The van der Waals surface area contributed by atoms with Crippen molar-refractivity contribution in [3.05, 3.63) is 53.2 Å². The highest BCUT2D eigenvalue weighted by atomic mass is 19.4. The Morgan fingerprint density at radius 1 is 1.19 bits per heavy atom. The Labute approximate surface area is 118 Å². The molecule has 1 aromatic carbocycles. The molecule has 0 fully saturated rings. The van der Waals surface area contributed by atoms with Crippen molar-refractivity contribution in [2.75, 3.05) is 5.32 Å². The van der Waals surface area contributed by atoms with Gasteiger partial charge in [-0.1, -0.05) is 0 Å². The van der Waals surface area contributed by atoms with Crippen molar-refractivity contribution in [1.29, 1.82) is 0 Å². The van der Waals surface area contributed by atoms with Gasteiger partial charge in [-0.25, -0.2) is 4.39 Å². The van der Waals surface area contributed by atoms with Crippen molar-refractivity contribution in [2.24, 2.45) is 0 Å². The maximum Gasteiger partial charge on any atom is 0.419 e. The Morgan fingerprint density at radius 3 is 2.76 bits per heavy atom. The number of anilines is 1. The van der Waals surface area contributed by atoms with Crippen molar-refractivity contribution in [1.82, 2.24) is 0 Å². The number of fused-ring (bicyclic) bond motifs is 1. The van der Waals surface area contributed by atoms with Gasteiger partial charge < -0.3 is 9.73 Å². The normalized spacial score (nSPS) is 18.4. The van der Waals surface area contributed by atoms with E-state index in [-0.39, 0.29) is 11.7 Å². The molecule has 2 nitrogen and oxygen atoms in total. The molecule has 1 N–H and O–H groups in total. The number of halogens is 4. The van der Waals surface area contributed by atoms with Gasteiger partial charge in [0.05, 0.1) is 17.9 Å². The predicted molar refractivity (Wildman–Crippen MR) is 69.4 cm³/mol. The summed E-state index contributed by atoms with van der Waals surface area (Å²) in [5.74, 6) is -0.405. The van der Waals surface area contributed by atoms with Crippen LogP contribution < -0.4 is 5.32 Å². The van der Waals surface area contributed by atoms with Gasteiger partial charge in [0, 0.05) is 17.7 Å². The number of aryl methyl sites for hydroxylation is 1. The standard InChI is InChI=1S/C15H13F4NO/c16-12-5-4-9(8-11(12)15(17,18)19)20-13-2-1-3-14-10(13)6-7-21-14/h4-8,13,20H,1-3H2. The molecule has 112 valence electrons. The molecule has 0 bridgehead atoms. The summed E-state index contributed by atoms with van der Waals surface area (Å²) in [4.78, 5) is 0. The second kappa shape index (κ2) is 5.09. The SMILES string of the molecule is Fc1ccc(NC2CCCc3occc32)cc1C(F)(F)F. The molecule has 1 aliphatic carbocycles. The molecule has 0 saturated carbocycles. The first kappa shape index (κ1) is 14.0. The van der Waals surface area contributed by atoms with Crippen LogP contribution in [0.2, 0.25) is 0 Å². The third kappa shape index (κ3) is 2.75. The summed E-state index contributed by atoms with van der Waals surface area (Å²) in [6.07, 6.45) is -0.597. The van der Waals surface area contributed by atoms with Crippen LogP contribution in [0.1, 0.15) is 35.8 Å². The van der Waals surface area contributed by atoms with Crippen LogP contribution in [0.5, 0.6) is 0 Å². The molecule has 1 aromatic heterocycles. The minimum absolute atomic E-state index is 0.112. The Bertz CT molecular complexity index is 647. The largest absolute Gasteiger partial charge is 0.469 e. The van der Waals surface area contributed by atoms with Gasteiger partial charge in [0.1, 0.15) is 11.6 Å². The molecule has 0 spiro atoms. The fourth-order valence-electron chi connectivity index (χ4n) is 2.67. The number of rotatable bonds is 2. The minimum Gasteiger partial charge on any atom is -0.469 e. The monoisotopic (exact) mass is 299 g/mol. The van der Waals surface area contributed by atoms with Gasteiger partial charge in [-0.05, 0) is 37.1 Å². The highest BCUT2D eigenvalue weighted by molar-refractivity contribution is 5.49. The van der Waals surface area contributed by atoms with E-state index in [0.717, 1.165) is 42.7 Å². The molecule has 0 radical (unpaired) electrons. The van der Waals surface area contributed by atoms with Crippen LogP contribution in [-0.2, 0) is 12.6 Å². The molecular formula is C15H13F4NO. The van der Waals surface area contributed by atoms with E-state index in [9.17, 15) is 17.6 Å². The number of hydrogen-bond donors (Lipinski definition) is 1. The lowest BCUT2D eigenvalue weighted by atomic mass is 9.93. The van der Waals surface area contributed by atoms with Crippen LogP contribution in [0.4, 0.5) is 23.2 Å². The molecule has 1 aliphatic rings. The van der Waals surface area contributed by atoms with Crippen LogP contribution in [0, 0.1) is 5.82 Å². The van der Waals surface area contributed by atoms with E-state index in [1.807, 2.05) is 6.07 Å². The van der Waals surface area contributed by atoms with Crippen LogP contribution in [0.25, 0.3) is 0 Å². The highest BCUT2D eigenvalue weighted by Crippen LogP contribution is 2.36. The fourth-order valence-corrected chi connectivity index (χ4v) is 2.67. The molecule has 21 heavy (non-hydrogen) atoms. The lowest BCUT2D eigenvalue weighted by Gasteiger charge is -2.24. The maximum absolute atomic E-state index is 13.3. The van der Waals surface area contributed by atoms with E-state index >= 15 is 0 Å². The van der Waals surface area contributed by atoms with Crippen LogP contribution in [0.15, 0.2) is 34.9 Å². The quantitative estimate of drug-likeness (QED) is 0.796. The lowest BCUT2D eigenvalue weighted by Crippen LogP contribution is -2.17. The first-order valence-corrected chi connectivity index (χ1v) is 6.64. The molecule has 3 rings (SSSR count). The van der Waals surface area contributed by atoms with Gasteiger partial charge in [0.25, 0.3) is 0 Å². The number of alkyl halides is 3. The summed E-state index contributed by atoms with van der Waals surface area (Å²) in [6.45, 7) is 0. The van der Waals surface area contributed by atoms with E-state index in [1.54, 1.807) is 6.26 Å². The first-order valence-electron chi connectivity index (χ1n) is 6.64. The maximum atomic E-state index is 13.3. The fraction of sp³-hybridized carbons (Fsp3) is 0.333. The molecular weight excluding hydrogens is 286 g/mol. The summed E-state index contributed by atoms with van der Waals surface area (Å²) < 4.78 is 56.8. The second-order valence-electron chi connectivity index (χ2n) is 5.08. The van der Waals surface area contributed by atoms with Gasteiger partial charge in [-0.15, -0.1) is 0 Å². The van der Waals surface area contributed by atoms with E-state index in [4.69, 9.17) is 4.42 Å². The summed E-state index contributed by atoms with van der Waals surface area (Å²) >= 11 is 0. The van der Waals surface area contributed by atoms with E-state index in [2.05, 4.69) is 5.32 Å². The highest BCUT2D eigenvalue weighted by Gasteiger charge is 2.34. The molecule has 6 heteroatoms. The summed E-state index contributed by atoms with van der Waals surface area (Å²) in [7, 11) is 0. The van der Waals surface area contributed by atoms with Gasteiger partial charge in [-0.2, -0.15) is 13.2 Å². The topological polar surface area (TPSA) is 25.2 Å². The number of nitrogens with one attached hydrogen (secondary N) is 1.